The molecule has 4 nitrogen and oxygen atoms in total. The molecule has 0 rings (SSSR count). The van der Waals surface area contributed by atoms with Gasteiger partial charge in [-0.25, -0.2) is 8.42 Å². The Kier molecular flexibility index (Phi) is 30.8. The first-order valence-corrected chi connectivity index (χ1v) is 14.1. The van der Waals surface area contributed by atoms with Crippen LogP contribution in [-0.4, -0.2) is 40.1 Å². The maximum absolute atomic E-state index is 9.18. The Hall–Kier alpha value is -0.130. The summed E-state index contributed by atoms with van der Waals surface area (Å²) >= 11 is 0. The molecular weight excluding hydrogens is 394 g/mol. The molecule has 0 saturated heterocycles. The maximum atomic E-state index is 9.18. The highest BCUT2D eigenvalue weighted by atomic mass is 32.2. The fraction of sp³-hybridized carbons (Fsp3) is 1.00. The van der Waals surface area contributed by atoms with Gasteiger partial charge in [-0.3, -0.25) is 4.18 Å². The lowest BCUT2D eigenvalue weighted by atomic mass is 10.1. The SMILES string of the molecule is CCCCCCCCN(CCCCCCCC)CCCCCCCC.CO[SH](=O)=O. The zero-order valence-electron chi connectivity index (χ0n) is 21.0. The largest absolute Gasteiger partial charge is 0.303 e. The molecule has 5 heteroatoms. The number of unbranched alkanes of at least 4 members (excludes halogenated alkanes) is 15. The van der Waals surface area contributed by atoms with Gasteiger partial charge in [-0.1, -0.05) is 117 Å². The van der Waals surface area contributed by atoms with Crippen molar-refractivity contribution in [1.82, 2.24) is 4.90 Å². The van der Waals surface area contributed by atoms with Crippen molar-refractivity contribution in [2.45, 2.75) is 136 Å². The van der Waals surface area contributed by atoms with Gasteiger partial charge in [0.05, 0.1) is 7.11 Å². The second-order valence-corrected chi connectivity index (χ2v) is 9.36. The maximum Gasteiger partial charge on any atom is 0.256 e. The van der Waals surface area contributed by atoms with E-state index in [4.69, 9.17) is 0 Å². The van der Waals surface area contributed by atoms with Crippen LogP contribution in [0.4, 0.5) is 0 Å². The van der Waals surface area contributed by atoms with E-state index in [1.807, 2.05) is 0 Å². The lowest BCUT2D eigenvalue weighted by Gasteiger charge is -2.22. The summed E-state index contributed by atoms with van der Waals surface area (Å²) in [5, 5.41) is 0. The van der Waals surface area contributed by atoms with Crippen LogP contribution in [0.25, 0.3) is 0 Å². The molecular formula is C25H55NO3S. The summed E-state index contributed by atoms with van der Waals surface area (Å²) in [7, 11) is -1.50. The van der Waals surface area contributed by atoms with E-state index in [2.05, 4.69) is 29.9 Å². The summed E-state index contributed by atoms with van der Waals surface area (Å²) in [6.45, 7) is 11.0. The van der Waals surface area contributed by atoms with E-state index in [0.29, 0.717) is 0 Å². The van der Waals surface area contributed by atoms with Gasteiger partial charge in [-0.2, -0.15) is 0 Å². The Morgan fingerprint density at radius 3 is 0.967 bits per heavy atom. The number of nitrogens with zero attached hydrogens (tertiary/aromatic N) is 1. The number of hydrogen-bond donors (Lipinski definition) is 1. The molecule has 0 aliphatic rings. The van der Waals surface area contributed by atoms with E-state index in [1.54, 1.807) is 0 Å². The van der Waals surface area contributed by atoms with E-state index < -0.39 is 11.0 Å². The predicted molar refractivity (Wildman–Crippen MR) is 134 cm³/mol. The minimum Gasteiger partial charge on any atom is -0.303 e. The predicted octanol–water partition coefficient (Wildman–Crippen LogP) is 7.53. The third-order valence-electron chi connectivity index (χ3n) is 5.63. The lowest BCUT2D eigenvalue weighted by molar-refractivity contribution is 0.254. The van der Waals surface area contributed by atoms with Crippen molar-refractivity contribution in [1.29, 1.82) is 0 Å². The van der Waals surface area contributed by atoms with Crippen LogP contribution in [-0.2, 0) is 15.2 Å². The summed E-state index contributed by atoms with van der Waals surface area (Å²) in [5.41, 5.74) is 0. The highest BCUT2D eigenvalue weighted by molar-refractivity contribution is 7.67. The van der Waals surface area contributed by atoms with Gasteiger partial charge in [-0.05, 0) is 38.9 Å². The second-order valence-electron chi connectivity index (χ2n) is 8.55. The van der Waals surface area contributed by atoms with Crippen molar-refractivity contribution in [3.8, 4) is 0 Å². The first-order chi connectivity index (χ1) is 14.6. The van der Waals surface area contributed by atoms with E-state index in [-0.39, 0.29) is 0 Å². The highest BCUT2D eigenvalue weighted by Gasteiger charge is 2.05. The number of hydrogen-bond acceptors (Lipinski definition) is 4. The molecule has 0 atom stereocenters. The van der Waals surface area contributed by atoms with Crippen molar-refractivity contribution in [3.63, 3.8) is 0 Å². The molecule has 30 heavy (non-hydrogen) atoms. The molecule has 0 radical (unpaired) electrons. The second kappa shape index (κ2) is 28.9. The van der Waals surface area contributed by atoms with Gasteiger partial charge in [0.15, 0.2) is 0 Å². The molecule has 0 spiro atoms. The molecule has 0 N–H and O–H groups in total. The van der Waals surface area contributed by atoms with Gasteiger partial charge >= 0.3 is 0 Å². The molecule has 0 aromatic carbocycles. The van der Waals surface area contributed by atoms with Crippen LogP contribution in [0.2, 0.25) is 0 Å². The Balaban J connectivity index is 0. The Morgan fingerprint density at radius 1 is 0.500 bits per heavy atom. The molecule has 0 bridgehead atoms. The Morgan fingerprint density at radius 2 is 0.733 bits per heavy atom. The molecule has 184 valence electrons. The molecule has 0 fully saturated rings. The third kappa shape index (κ3) is 30.1. The van der Waals surface area contributed by atoms with Crippen LogP contribution in [0.5, 0.6) is 0 Å². The van der Waals surface area contributed by atoms with E-state index in [9.17, 15) is 8.42 Å². The van der Waals surface area contributed by atoms with Crippen molar-refractivity contribution < 1.29 is 12.6 Å². The summed E-state index contributed by atoms with van der Waals surface area (Å²) < 4.78 is 22.1. The van der Waals surface area contributed by atoms with E-state index >= 15 is 0 Å². The standard InChI is InChI=1S/C24H51N.CH4O3S/c1-4-7-10-13-16-19-22-25(23-20-17-14-11-8-5-2)24-21-18-15-12-9-6-3;1-4-5(2)3/h4-24H2,1-3H3;5H,1H3. The molecule has 0 aliphatic heterocycles. The first-order valence-electron chi connectivity index (χ1n) is 13.0. The molecule has 0 aromatic rings. The van der Waals surface area contributed by atoms with Crippen molar-refractivity contribution in [2.24, 2.45) is 0 Å². The van der Waals surface area contributed by atoms with Crippen molar-refractivity contribution in [2.75, 3.05) is 26.7 Å². The summed E-state index contributed by atoms with van der Waals surface area (Å²) in [4.78, 5) is 2.79. The van der Waals surface area contributed by atoms with Gasteiger partial charge in [-0.15, -0.1) is 0 Å². The monoisotopic (exact) mass is 449 g/mol. The average Bonchev–Trinajstić information content (AvgIpc) is 2.75. The average molecular weight is 450 g/mol. The van der Waals surface area contributed by atoms with Crippen LogP contribution < -0.4 is 0 Å². The molecule has 0 aliphatic carbocycles. The van der Waals surface area contributed by atoms with Crippen LogP contribution >= 0.6 is 0 Å². The van der Waals surface area contributed by atoms with Crippen LogP contribution in [0.15, 0.2) is 0 Å². The van der Waals surface area contributed by atoms with Gasteiger partial charge in [0.1, 0.15) is 0 Å². The number of rotatable bonds is 22. The van der Waals surface area contributed by atoms with Gasteiger partial charge in [0.2, 0.25) is 0 Å². The van der Waals surface area contributed by atoms with Gasteiger partial charge in [0.25, 0.3) is 11.0 Å². The molecule has 0 unspecified atom stereocenters. The summed E-state index contributed by atoms with van der Waals surface area (Å²) in [6, 6.07) is 0. The van der Waals surface area contributed by atoms with E-state index in [0.717, 1.165) is 7.11 Å². The van der Waals surface area contributed by atoms with Gasteiger partial charge < -0.3 is 4.90 Å². The zero-order chi connectivity index (χ0) is 22.7. The summed E-state index contributed by atoms with van der Waals surface area (Å²) in [5.74, 6) is 0. The first kappa shape index (κ1) is 32.1. The minimum atomic E-state index is -2.60. The fourth-order valence-electron chi connectivity index (χ4n) is 3.68. The summed E-state index contributed by atoms with van der Waals surface area (Å²) in [6.07, 6.45) is 25.7. The van der Waals surface area contributed by atoms with Gasteiger partial charge in [0, 0.05) is 0 Å². The third-order valence-corrected chi connectivity index (χ3v) is 5.93. The number of thiol groups is 1. The quantitative estimate of drug-likeness (QED) is 0.137. The molecule has 0 amide bonds. The molecule has 0 aromatic heterocycles. The normalized spacial score (nSPS) is 11.1. The Labute approximate surface area is 191 Å². The van der Waals surface area contributed by atoms with Crippen LogP contribution in [0, 0.1) is 0 Å². The molecule has 0 saturated carbocycles. The highest BCUT2D eigenvalue weighted by Crippen LogP contribution is 2.11. The molecule has 0 heterocycles. The smallest absolute Gasteiger partial charge is 0.256 e. The topological polar surface area (TPSA) is 46.6 Å². The van der Waals surface area contributed by atoms with Crippen molar-refractivity contribution >= 4 is 11.0 Å². The Bertz CT molecular complexity index is 329. The van der Waals surface area contributed by atoms with Crippen LogP contribution in [0.1, 0.15) is 136 Å². The van der Waals surface area contributed by atoms with Crippen LogP contribution in [0.3, 0.4) is 0 Å². The minimum absolute atomic E-state index is 1.10. The zero-order valence-corrected chi connectivity index (χ0v) is 21.9. The fourth-order valence-corrected chi connectivity index (χ4v) is 3.68. The van der Waals surface area contributed by atoms with E-state index in [1.165, 1.54) is 135 Å². The lowest BCUT2D eigenvalue weighted by Crippen LogP contribution is -2.27. The van der Waals surface area contributed by atoms with Crippen molar-refractivity contribution in [3.05, 3.63) is 0 Å².